The number of rotatable bonds is 8. The van der Waals surface area contributed by atoms with Crippen LogP contribution >= 0.6 is 23.5 Å². The Morgan fingerprint density at radius 1 is 0.286 bits per heavy atom. The maximum absolute atomic E-state index is 2.26. The molecule has 0 spiro atoms. The average Bonchev–Trinajstić information content (AvgIpc) is 3.00. The molecular formula is C36H40N4S2. The van der Waals surface area contributed by atoms with Gasteiger partial charge in [0, 0.05) is 98.8 Å². The molecule has 0 bridgehead atoms. The number of anilines is 4. The maximum atomic E-state index is 2.26. The predicted molar refractivity (Wildman–Crippen MR) is 192 cm³/mol. The van der Waals surface area contributed by atoms with Crippen molar-refractivity contribution in [3.05, 3.63) is 119 Å². The molecule has 0 atom stereocenters. The predicted octanol–water partition coefficient (Wildman–Crippen LogP) is 8.78. The van der Waals surface area contributed by atoms with Crippen LogP contribution in [0, 0.1) is 0 Å². The summed E-state index contributed by atoms with van der Waals surface area (Å²) >= 11 is 3.77. The van der Waals surface area contributed by atoms with E-state index in [1.165, 1.54) is 64.6 Å². The summed E-state index contributed by atoms with van der Waals surface area (Å²) in [5.41, 5.74) is 9.71. The van der Waals surface area contributed by atoms with Gasteiger partial charge in [0.25, 0.3) is 0 Å². The topological polar surface area (TPSA) is 13.0 Å². The molecule has 42 heavy (non-hydrogen) atoms. The van der Waals surface area contributed by atoms with Gasteiger partial charge in [-0.15, -0.1) is 0 Å². The summed E-state index contributed by atoms with van der Waals surface area (Å²) in [7, 11) is 16.7. The molecule has 6 heteroatoms. The number of hydrogen-bond donors (Lipinski definition) is 0. The molecule has 0 amide bonds. The van der Waals surface area contributed by atoms with Crippen molar-refractivity contribution >= 4 is 65.9 Å². The van der Waals surface area contributed by atoms with Crippen LogP contribution < -0.4 is 19.6 Å². The highest BCUT2D eigenvalue weighted by atomic mass is 32.2. The largest absolute Gasteiger partial charge is 0.378 e. The fraction of sp³-hybridized carbons (Fsp3) is 0.222. The molecule has 0 aromatic heterocycles. The molecule has 4 nitrogen and oxygen atoms in total. The summed E-state index contributed by atoms with van der Waals surface area (Å²) in [5, 5.41) is 0. The summed E-state index contributed by atoms with van der Waals surface area (Å²) in [4.78, 5) is 13.7. The quantitative estimate of drug-likeness (QED) is 0.201. The molecule has 5 rings (SSSR count). The van der Waals surface area contributed by atoms with E-state index in [0.717, 1.165) is 0 Å². The third-order valence-corrected chi connectivity index (χ3v) is 10.2. The Morgan fingerprint density at radius 3 is 0.595 bits per heavy atom. The molecule has 216 valence electrons. The first-order valence-electron chi connectivity index (χ1n) is 14.1. The summed E-state index contributed by atoms with van der Waals surface area (Å²) in [6.07, 6.45) is 0. The van der Waals surface area contributed by atoms with Crippen molar-refractivity contribution in [1.82, 2.24) is 0 Å². The molecular weight excluding hydrogens is 553 g/mol. The zero-order valence-corrected chi connectivity index (χ0v) is 27.5. The average molecular weight is 593 g/mol. The molecule has 0 fully saturated rings. The summed E-state index contributed by atoms with van der Waals surface area (Å²) in [5.74, 6) is 0. The second kappa shape index (κ2) is 12.6. The van der Waals surface area contributed by atoms with Gasteiger partial charge >= 0.3 is 0 Å². The van der Waals surface area contributed by atoms with Crippen molar-refractivity contribution in [3.63, 3.8) is 0 Å². The Kier molecular flexibility index (Phi) is 8.95. The summed E-state index contributed by atoms with van der Waals surface area (Å²) in [6, 6.07) is 35.8. The van der Waals surface area contributed by atoms with Gasteiger partial charge < -0.3 is 19.6 Å². The molecule has 1 heterocycles. The van der Waals surface area contributed by atoms with Crippen molar-refractivity contribution in [2.75, 3.05) is 76.0 Å². The number of nitrogens with zero attached hydrogens (tertiary/aromatic N) is 4. The van der Waals surface area contributed by atoms with E-state index in [1.54, 1.807) is 0 Å². The van der Waals surface area contributed by atoms with E-state index in [-0.39, 0.29) is 0 Å². The Hall–Kier alpha value is -3.74. The van der Waals surface area contributed by atoms with Crippen LogP contribution in [0.1, 0.15) is 22.3 Å². The van der Waals surface area contributed by atoms with Crippen LogP contribution in [-0.2, 0) is 0 Å². The maximum Gasteiger partial charge on any atom is 0.0361 e. The lowest BCUT2D eigenvalue weighted by atomic mass is 10.1. The number of hydrogen-bond acceptors (Lipinski definition) is 6. The lowest BCUT2D eigenvalue weighted by Gasteiger charge is -2.27. The van der Waals surface area contributed by atoms with Gasteiger partial charge in [0.2, 0.25) is 0 Å². The van der Waals surface area contributed by atoms with E-state index in [4.69, 9.17) is 0 Å². The number of thioether (sulfide) groups is 2. The lowest BCUT2D eigenvalue weighted by molar-refractivity contribution is 1.13. The van der Waals surface area contributed by atoms with Crippen molar-refractivity contribution in [1.29, 1.82) is 0 Å². The van der Waals surface area contributed by atoms with Crippen LogP contribution in [0.2, 0.25) is 0 Å². The van der Waals surface area contributed by atoms with E-state index in [2.05, 4.69) is 173 Å². The molecule has 0 aliphatic carbocycles. The first kappa shape index (κ1) is 29.7. The van der Waals surface area contributed by atoms with Crippen LogP contribution in [0.25, 0.3) is 19.6 Å². The standard InChI is InChI=1S/C36H40N4S2/c1-37(2)29-17-9-25(10-18-29)33-34(26-11-19-30(20-12-26)38(3)4)42-36(28-15-23-32(24-16-28)40(7)8)35(41-33)27-13-21-31(22-14-27)39(5)6/h9-24H,1-8H3. The van der Waals surface area contributed by atoms with E-state index in [1.807, 2.05) is 23.5 Å². The number of benzene rings is 4. The van der Waals surface area contributed by atoms with Gasteiger partial charge in [0.15, 0.2) is 0 Å². The van der Waals surface area contributed by atoms with Crippen molar-refractivity contribution < 1.29 is 0 Å². The van der Waals surface area contributed by atoms with E-state index in [9.17, 15) is 0 Å². The van der Waals surface area contributed by atoms with Crippen LogP contribution in [0.15, 0.2) is 97.1 Å². The van der Waals surface area contributed by atoms with Crippen LogP contribution in [0.4, 0.5) is 22.7 Å². The second-order valence-corrected chi connectivity index (χ2v) is 13.3. The summed E-state index contributed by atoms with van der Waals surface area (Å²) in [6.45, 7) is 0. The third-order valence-electron chi connectivity index (χ3n) is 7.40. The molecule has 1 aliphatic rings. The zero-order chi connectivity index (χ0) is 30.0. The van der Waals surface area contributed by atoms with Gasteiger partial charge in [-0.1, -0.05) is 72.1 Å². The fourth-order valence-electron chi connectivity index (χ4n) is 4.79. The smallest absolute Gasteiger partial charge is 0.0361 e. The molecule has 0 saturated heterocycles. The van der Waals surface area contributed by atoms with Crippen LogP contribution in [0.3, 0.4) is 0 Å². The van der Waals surface area contributed by atoms with E-state index in [0.29, 0.717) is 0 Å². The molecule has 1 aliphatic heterocycles. The van der Waals surface area contributed by atoms with E-state index < -0.39 is 0 Å². The Balaban J connectivity index is 1.68. The van der Waals surface area contributed by atoms with Crippen molar-refractivity contribution in [3.8, 4) is 0 Å². The highest BCUT2D eigenvalue weighted by molar-refractivity contribution is 8.26. The SMILES string of the molecule is CN(C)c1ccc(C2=C(c3ccc(N(C)C)cc3)SC(c3ccc(N(C)C)cc3)=C(c3ccc(N(C)C)cc3)S2)cc1. The van der Waals surface area contributed by atoms with Crippen LogP contribution in [-0.4, -0.2) is 56.4 Å². The first-order valence-corrected chi connectivity index (χ1v) is 15.7. The monoisotopic (exact) mass is 592 g/mol. The Labute approximate surface area is 260 Å². The van der Waals surface area contributed by atoms with Gasteiger partial charge in [0.05, 0.1) is 0 Å². The minimum Gasteiger partial charge on any atom is -0.378 e. The highest BCUT2D eigenvalue weighted by Gasteiger charge is 2.27. The molecule has 0 unspecified atom stereocenters. The van der Waals surface area contributed by atoms with Gasteiger partial charge in [-0.2, -0.15) is 0 Å². The van der Waals surface area contributed by atoms with Gasteiger partial charge in [0.1, 0.15) is 0 Å². The second-order valence-electron chi connectivity index (χ2n) is 11.3. The van der Waals surface area contributed by atoms with Gasteiger partial charge in [-0.25, -0.2) is 0 Å². The molecule has 0 saturated carbocycles. The Bertz CT molecular complexity index is 1340. The molecule has 4 aromatic rings. The minimum atomic E-state index is 1.20. The van der Waals surface area contributed by atoms with Crippen molar-refractivity contribution in [2.45, 2.75) is 0 Å². The van der Waals surface area contributed by atoms with Crippen LogP contribution in [0.5, 0.6) is 0 Å². The fourth-order valence-corrected chi connectivity index (χ4v) is 7.56. The third kappa shape index (κ3) is 6.35. The highest BCUT2D eigenvalue weighted by Crippen LogP contribution is 2.59. The summed E-state index contributed by atoms with van der Waals surface area (Å²) < 4.78 is 0. The van der Waals surface area contributed by atoms with Gasteiger partial charge in [-0.3, -0.25) is 0 Å². The molecule has 0 N–H and O–H groups in total. The lowest BCUT2D eigenvalue weighted by Crippen LogP contribution is -2.09. The minimum absolute atomic E-state index is 1.20. The Morgan fingerprint density at radius 2 is 0.452 bits per heavy atom. The normalized spacial score (nSPS) is 13.3. The van der Waals surface area contributed by atoms with Gasteiger partial charge in [-0.05, 0) is 70.8 Å². The first-order chi connectivity index (χ1) is 20.1. The van der Waals surface area contributed by atoms with E-state index >= 15 is 0 Å². The zero-order valence-electron chi connectivity index (χ0n) is 25.8. The molecule has 4 aromatic carbocycles. The van der Waals surface area contributed by atoms with Crippen molar-refractivity contribution in [2.24, 2.45) is 0 Å². The molecule has 0 radical (unpaired) electrons.